The maximum absolute atomic E-state index is 6.14. The minimum Gasteiger partial charge on any atom is -0.385 e. The standard InChI is InChI=1S/C17H26ClN3/c1-13-4-5-16(8-17(13)18)19-6-3-7-21-11-14-9-20(2)10-15(14)12-21/h4-5,8,14-15,19H,3,6-7,9-12H2,1-2H3. The average Bonchev–Trinajstić information content (AvgIpc) is 2.95. The Hall–Kier alpha value is -0.770. The lowest BCUT2D eigenvalue weighted by Crippen LogP contribution is -2.28. The summed E-state index contributed by atoms with van der Waals surface area (Å²) < 4.78 is 0. The highest BCUT2D eigenvalue weighted by Gasteiger charge is 2.37. The fourth-order valence-corrected chi connectivity index (χ4v) is 3.93. The third-order valence-corrected chi connectivity index (χ3v) is 5.30. The molecule has 1 N–H and O–H groups in total. The van der Waals surface area contributed by atoms with Crippen molar-refractivity contribution in [2.24, 2.45) is 11.8 Å². The number of rotatable bonds is 5. The molecule has 0 bridgehead atoms. The topological polar surface area (TPSA) is 18.5 Å². The van der Waals surface area contributed by atoms with Gasteiger partial charge in [-0.05, 0) is 56.5 Å². The number of nitrogens with zero attached hydrogens (tertiary/aromatic N) is 2. The van der Waals surface area contributed by atoms with Gasteiger partial charge in [-0.3, -0.25) is 0 Å². The number of aryl methyl sites for hydroxylation is 1. The molecule has 2 fully saturated rings. The molecule has 1 aromatic rings. The highest BCUT2D eigenvalue weighted by molar-refractivity contribution is 6.31. The number of anilines is 1. The molecule has 2 atom stereocenters. The lowest BCUT2D eigenvalue weighted by atomic mass is 10.0. The number of likely N-dealkylation sites (tertiary alicyclic amines) is 2. The van der Waals surface area contributed by atoms with Crippen LogP contribution in [0.5, 0.6) is 0 Å². The van der Waals surface area contributed by atoms with Crippen LogP contribution in [0.2, 0.25) is 5.02 Å². The van der Waals surface area contributed by atoms with Crippen molar-refractivity contribution in [2.75, 3.05) is 51.6 Å². The fourth-order valence-electron chi connectivity index (χ4n) is 3.75. The molecule has 1 aromatic carbocycles. The summed E-state index contributed by atoms with van der Waals surface area (Å²) in [6.07, 6.45) is 1.20. The Morgan fingerprint density at radius 1 is 1.19 bits per heavy atom. The van der Waals surface area contributed by atoms with E-state index in [-0.39, 0.29) is 0 Å². The van der Waals surface area contributed by atoms with Gasteiger partial charge >= 0.3 is 0 Å². The van der Waals surface area contributed by atoms with Gasteiger partial charge in [-0.25, -0.2) is 0 Å². The molecule has 3 rings (SSSR count). The van der Waals surface area contributed by atoms with Gasteiger partial charge in [0.25, 0.3) is 0 Å². The van der Waals surface area contributed by atoms with E-state index in [9.17, 15) is 0 Å². The Morgan fingerprint density at radius 2 is 1.90 bits per heavy atom. The van der Waals surface area contributed by atoms with Crippen molar-refractivity contribution in [2.45, 2.75) is 13.3 Å². The molecule has 116 valence electrons. The van der Waals surface area contributed by atoms with Crippen LogP contribution in [0.4, 0.5) is 5.69 Å². The van der Waals surface area contributed by atoms with Crippen molar-refractivity contribution in [1.82, 2.24) is 9.80 Å². The van der Waals surface area contributed by atoms with E-state index in [2.05, 4.69) is 34.3 Å². The molecule has 0 saturated carbocycles. The van der Waals surface area contributed by atoms with E-state index in [1.165, 1.54) is 39.1 Å². The van der Waals surface area contributed by atoms with Gasteiger partial charge in [-0.15, -0.1) is 0 Å². The van der Waals surface area contributed by atoms with Crippen molar-refractivity contribution < 1.29 is 0 Å². The van der Waals surface area contributed by atoms with Gasteiger partial charge in [0, 0.05) is 43.4 Å². The first-order chi connectivity index (χ1) is 10.1. The zero-order valence-corrected chi connectivity index (χ0v) is 13.9. The average molecular weight is 308 g/mol. The molecular weight excluding hydrogens is 282 g/mol. The van der Waals surface area contributed by atoms with Gasteiger partial charge in [0.1, 0.15) is 0 Å². The Balaban J connectivity index is 1.36. The Bertz CT molecular complexity index is 477. The first-order valence-electron chi connectivity index (χ1n) is 8.03. The van der Waals surface area contributed by atoms with E-state index in [1.54, 1.807) is 0 Å². The van der Waals surface area contributed by atoms with Crippen molar-refractivity contribution in [3.05, 3.63) is 28.8 Å². The Kier molecular flexibility index (Phi) is 4.72. The van der Waals surface area contributed by atoms with E-state index in [0.717, 1.165) is 34.7 Å². The minimum absolute atomic E-state index is 0.844. The minimum atomic E-state index is 0.844. The van der Waals surface area contributed by atoms with Gasteiger partial charge in [0.15, 0.2) is 0 Å². The second-order valence-corrected chi connectivity index (χ2v) is 7.15. The zero-order valence-electron chi connectivity index (χ0n) is 13.1. The molecule has 3 nitrogen and oxygen atoms in total. The molecule has 2 unspecified atom stereocenters. The number of halogens is 1. The summed E-state index contributed by atoms with van der Waals surface area (Å²) in [6.45, 7) is 9.45. The van der Waals surface area contributed by atoms with Crippen LogP contribution in [0.15, 0.2) is 18.2 Å². The van der Waals surface area contributed by atoms with Crippen molar-refractivity contribution in [1.29, 1.82) is 0 Å². The summed E-state index contributed by atoms with van der Waals surface area (Å²) >= 11 is 6.14. The van der Waals surface area contributed by atoms with Gasteiger partial charge in [0.05, 0.1) is 0 Å². The highest BCUT2D eigenvalue weighted by Crippen LogP contribution is 2.30. The molecule has 0 radical (unpaired) electrons. The summed E-state index contributed by atoms with van der Waals surface area (Å²) in [5.41, 5.74) is 2.27. The summed E-state index contributed by atoms with van der Waals surface area (Å²) in [7, 11) is 2.25. The summed E-state index contributed by atoms with van der Waals surface area (Å²) in [4.78, 5) is 5.13. The van der Waals surface area contributed by atoms with Crippen LogP contribution in [0.3, 0.4) is 0 Å². The highest BCUT2D eigenvalue weighted by atomic mass is 35.5. The zero-order chi connectivity index (χ0) is 14.8. The first-order valence-corrected chi connectivity index (χ1v) is 8.40. The molecular formula is C17H26ClN3. The fraction of sp³-hybridized carbons (Fsp3) is 0.647. The SMILES string of the molecule is Cc1ccc(NCCCN2CC3CN(C)CC3C2)cc1Cl. The van der Waals surface area contributed by atoms with E-state index in [4.69, 9.17) is 11.6 Å². The molecule has 2 aliphatic heterocycles. The molecule has 21 heavy (non-hydrogen) atoms. The summed E-state index contributed by atoms with van der Waals surface area (Å²) in [5, 5.41) is 4.32. The maximum Gasteiger partial charge on any atom is 0.0455 e. The molecule has 4 heteroatoms. The normalized spacial score (nSPS) is 26.2. The lowest BCUT2D eigenvalue weighted by molar-refractivity contribution is 0.277. The quantitative estimate of drug-likeness (QED) is 0.844. The molecule has 0 amide bonds. The lowest BCUT2D eigenvalue weighted by Gasteiger charge is -2.19. The second-order valence-electron chi connectivity index (χ2n) is 6.75. The van der Waals surface area contributed by atoms with Gasteiger partial charge in [0.2, 0.25) is 0 Å². The van der Waals surface area contributed by atoms with Crippen LogP contribution < -0.4 is 5.32 Å². The van der Waals surface area contributed by atoms with Crippen molar-refractivity contribution in [3.8, 4) is 0 Å². The predicted molar refractivity (Wildman–Crippen MR) is 90.2 cm³/mol. The largest absolute Gasteiger partial charge is 0.385 e. The van der Waals surface area contributed by atoms with E-state index >= 15 is 0 Å². The molecule has 2 saturated heterocycles. The van der Waals surface area contributed by atoms with Crippen molar-refractivity contribution >= 4 is 17.3 Å². The Morgan fingerprint density at radius 3 is 2.57 bits per heavy atom. The van der Waals surface area contributed by atoms with Crippen LogP contribution in [0, 0.1) is 18.8 Å². The number of fused-ring (bicyclic) bond motifs is 1. The number of hydrogen-bond acceptors (Lipinski definition) is 3. The van der Waals surface area contributed by atoms with Gasteiger partial charge < -0.3 is 15.1 Å². The second kappa shape index (κ2) is 6.55. The molecule has 2 heterocycles. The number of nitrogens with one attached hydrogen (secondary N) is 1. The molecule has 0 aromatic heterocycles. The van der Waals surface area contributed by atoms with Crippen LogP contribution in [-0.4, -0.2) is 56.1 Å². The summed E-state index contributed by atoms with van der Waals surface area (Å²) in [6, 6.07) is 6.20. The van der Waals surface area contributed by atoms with Crippen LogP contribution in [-0.2, 0) is 0 Å². The number of hydrogen-bond donors (Lipinski definition) is 1. The van der Waals surface area contributed by atoms with Crippen LogP contribution >= 0.6 is 11.6 Å². The van der Waals surface area contributed by atoms with Crippen LogP contribution in [0.25, 0.3) is 0 Å². The first kappa shape index (κ1) is 15.1. The molecule has 0 aliphatic carbocycles. The van der Waals surface area contributed by atoms with Gasteiger partial charge in [-0.2, -0.15) is 0 Å². The van der Waals surface area contributed by atoms with Gasteiger partial charge in [-0.1, -0.05) is 17.7 Å². The number of benzene rings is 1. The van der Waals surface area contributed by atoms with E-state index < -0.39 is 0 Å². The third-order valence-electron chi connectivity index (χ3n) is 4.90. The maximum atomic E-state index is 6.14. The molecule has 2 aliphatic rings. The van der Waals surface area contributed by atoms with E-state index in [1.807, 2.05) is 13.0 Å². The van der Waals surface area contributed by atoms with E-state index in [0.29, 0.717) is 0 Å². The Labute approximate surface area is 133 Å². The third kappa shape index (κ3) is 3.71. The smallest absolute Gasteiger partial charge is 0.0455 e. The van der Waals surface area contributed by atoms with Crippen molar-refractivity contribution in [3.63, 3.8) is 0 Å². The van der Waals surface area contributed by atoms with Crippen LogP contribution in [0.1, 0.15) is 12.0 Å². The predicted octanol–water partition coefficient (Wildman–Crippen LogP) is 2.94. The molecule has 0 spiro atoms. The summed E-state index contributed by atoms with van der Waals surface area (Å²) in [5.74, 6) is 1.83. The monoisotopic (exact) mass is 307 g/mol.